The van der Waals surface area contributed by atoms with Crippen LogP contribution in [0, 0.1) is 0 Å². The first kappa shape index (κ1) is 26.3. The first-order valence-corrected chi connectivity index (χ1v) is 11.8. The number of hydrogen-bond donors (Lipinski definition) is 2. The molecule has 0 heterocycles. The summed E-state index contributed by atoms with van der Waals surface area (Å²) in [5.74, 6) is -0.263. The van der Waals surface area contributed by atoms with Crippen LogP contribution >= 0.6 is 12.6 Å². The molecule has 0 spiro atoms. The Labute approximate surface area is 173 Å². The lowest BCUT2D eigenvalue weighted by Gasteiger charge is -2.13. The average molecular weight is 402 g/mol. The van der Waals surface area contributed by atoms with E-state index in [1.165, 1.54) is 90.6 Å². The van der Waals surface area contributed by atoms with Gasteiger partial charge in [0.25, 0.3) is 0 Å². The molecule has 0 radical (unpaired) electrons. The molecule has 27 heavy (non-hydrogen) atoms. The number of carbonyl (C=O) groups is 2. The van der Waals surface area contributed by atoms with Gasteiger partial charge in [0.05, 0.1) is 7.11 Å². The largest absolute Gasteiger partial charge is 0.467 e. The van der Waals surface area contributed by atoms with Gasteiger partial charge in [0.15, 0.2) is 0 Å². The topological polar surface area (TPSA) is 55.4 Å². The highest BCUT2D eigenvalue weighted by Gasteiger charge is 2.19. The zero-order valence-electron chi connectivity index (χ0n) is 17.8. The standard InChI is InChI=1S/C22H43NO3S/c1-3-4-5-6-7-8-9-10-11-12-13-14-15-16-17-18-21(24)23-20(19-27)22(25)26-2/h20,27H,3-19H2,1-2H3,(H,23,24). The number of amides is 1. The van der Waals surface area contributed by atoms with Crippen molar-refractivity contribution in [2.45, 2.75) is 116 Å². The van der Waals surface area contributed by atoms with Crippen LogP contribution in [0.25, 0.3) is 0 Å². The second-order valence-electron chi connectivity index (χ2n) is 7.53. The van der Waals surface area contributed by atoms with Crippen molar-refractivity contribution in [1.29, 1.82) is 0 Å². The summed E-state index contributed by atoms with van der Waals surface area (Å²) in [7, 11) is 1.32. The van der Waals surface area contributed by atoms with Gasteiger partial charge in [-0.05, 0) is 6.42 Å². The molecule has 4 nitrogen and oxygen atoms in total. The summed E-state index contributed by atoms with van der Waals surface area (Å²) in [5.41, 5.74) is 0. The Morgan fingerprint density at radius 1 is 0.778 bits per heavy atom. The van der Waals surface area contributed by atoms with Gasteiger partial charge in [0.2, 0.25) is 5.91 Å². The average Bonchev–Trinajstić information content (AvgIpc) is 2.68. The van der Waals surface area contributed by atoms with Gasteiger partial charge < -0.3 is 10.1 Å². The maximum absolute atomic E-state index is 11.8. The van der Waals surface area contributed by atoms with Gasteiger partial charge in [0.1, 0.15) is 6.04 Å². The van der Waals surface area contributed by atoms with Gasteiger partial charge in [-0.2, -0.15) is 12.6 Å². The van der Waals surface area contributed by atoms with Crippen LogP contribution in [0.3, 0.4) is 0 Å². The van der Waals surface area contributed by atoms with E-state index in [0.29, 0.717) is 6.42 Å². The molecular formula is C22H43NO3S. The molecule has 0 rings (SSSR count). The molecule has 0 saturated carbocycles. The van der Waals surface area contributed by atoms with Gasteiger partial charge in [0, 0.05) is 12.2 Å². The zero-order valence-corrected chi connectivity index (χ0v) is 18.7. The third kappa shape index (κ3) is 17.1. The minimum Gasteiger partial charge on any atom is -0.467 e. The highest BCUT2D eigenvalue weighted by Crippen LogP contribution is 2.13. The number of ether oxygens (including phenoxy) is 1. The lowest BCUT2D eigenvalue weighted by atomic mass is 10.0. The maximum Gasteiger partial charge on any atom is 0.329 e. The van der Waals surface area contributed by atoms with Crippen LogP contribution in [-0.2, 0) is 14.3 Å². The van der Waals surface area contributed by atoms with E-state index < -0.39 is 12.0 Å². The number of unbranched alkanes of at least 4 members (excludes halogenated alkanes) is 14. The fourth-order valence-corrected chi connectivity index (χ4v) is 3.49. The number of nitrogens with one attached hydrogen (secondary N) is 1. The minimum atomic E-state index is -0.637. The fraction of sp³-hybridized carbons (Fsp3) is 0.909. The quantitative estimate of drug-likeness (QED) is 0.162. The number of thiol groups is 1. The van der Waals surface area contributed by atoms with E-state index in [0.717, 1.165) is 12.8 Å². The van der Waals surface area contributed by atoms with E-state index in [2.05, 4.69) is 29.6 Å². The first-order chi connectivity index (χ1) is 13.2. The van der Waals surface area contributed by atoms with Crippen molar-refractivity contribution in [3.05, 3.63) is 0 Å². The maximum atomic E-state index is 11.8. The van der Waals surface area contributed by atoms with Crippen LogP contribution in [0.15, 0.2) is 0 Å². The second-order valence-corrected chi connectivity index (χ2v) is 7.89. The van der Waals surface area contributed by atoms with E-state index in [4.69, 9.17) is 0 Å². The molecule has 0 saturated heterocycles. The third-order valence-corrected chi connectivity index (χ3v) is 5.38. The van der Waals surface area contributed by atoms with Crippen molar-refractivity contribution in [3.63, 3.8) is 0 Å². The molecule has 1 unspecified atom stereocenters. The van der Waals surface area contributed by atoms with E-state index in [-0.39, 0.29) is 11.7 Å². The van der Waals surface area contributed by atoms with Crippen LogP contribution in [0.1, 0.15) is 110 Å². The van der Waals surface area contributed by atoms with E-state index in [1.807, 2.05) is 0 Å². The molecule has 0 fully saturated rings. The number of esters is 1. The predicted octanol–water partition coefficient (Wildman–Crippen LogP) is 5.84. The Balaban J connectivity index is 3.33. The molecule has 0 aliphatic rings. The van der Waals surface area contributed by atoms with Gasteiger partial charge in [-0.15, -0.1) is 0 Å². The van der Waals surface area contributed by atoms with Crippen molar-refractivity contribution in [1.82, 2.24) is 5.32 Å². The van der Waals surface area contributed by atoms with Gasteiger partial charge in [-0.1, -0.05) is 96.8 Å². The van der Waals surface area contributed by atoms with Crippen molar-refractivity contribution >= 4 is 24.5 Å². The Kier molecular flexibility index (Phi) is 19.5. The summed E-state index contributed by atoms with van der Waals surface area (Å²) < 4.78 is 4.63. The predicted molar refractivity (Wildman–Crippen MR) is 117 cm³/mol. The molecule has 0 aromatic heterocycles. The summed E-state index contributed by atoms with van der Waals surface area (Å²) in [4.78, 5) is 23.2. The summed E-state index contributed by atoms with van der Waals surface area (Å²) in [5, 5.41) is 2.68. The van der Waals surface area contributed by atoms with Crippen LogP contribution in [0.5, 0.6) is 0 Å². The summed E-state index contributed by atoms with van der Waals surface area (Å²) >= 11 is 4.07. The molecule has 0 aliphatic carbocycles. The van der Waals surface area contributed by atoms with E-state index >= 15 is 0 Å². The molecule has 0 bridgehead atoms. The molecule has 0 aromatic carbocycles. The third-order valence-electron chi connectivity index (χ3n) is 5.01. The van der Waals surface area contributed by atoms with Crippen LogP contribution in [0.2, 0.25) is 0 Å². The Morgan fingerprint density at radius 2 is 1.19 bits per heavy atom. The monoisotopic (exact) mass is 401 g/mol. The van der Waals surface area contributed by atoms with Crippen molar-refractivity contribution in [3.8, 4) is 0 Å². The molecule has 1 amide bonds. The lowest BCUT2D eigenvalue weighted by molar-refractivity contribution is -0.144. The highest BCUT2D eigenvalue weighted by molar-refractivity contribution is 7.80. The number of rotatable bonds is 19. The van der Waals surface area contributed by atoms with Gasteiger partial charge >= 0.3 is 5.97 Å². The normalized spacial score (nSPS) is 12.0. The highest BCUT2D eigenvalue weighted by atomic mass is 32.1. The van der Waals surface area contributed by atoms with Crippen LogP contribution in [0.4, 0.5) is 0 Å². The summed E-state index contributed by atoms with van der Waals surface area (Å²) in [6.07, 6.45) is 20.1. The SMILES string of the molecule is CCCCCCCCCCCCCCCCCC(=O)NC(CS)C(=O)OC. The zero-order chi connectivity index (χ0) is 20.2. The van der Waals surface area contributed by atoms with Crippen molar-refractivity contribution in [2.24, 2.45) is 0 Å². The molecule has 0 aromatic rings. The van der Waals surface area contributed by atoms with E-state index in [1.54, 1.807) is 0 Å². The molecule has 5 heteroatoms. The lowest BCUT2D eigenvalue weighted by Crippen LogP contribution is -2.42. The van der Waals surface area contributed by atoms with Gasteiger partial charge in [-0.3, -0.25) is 4.79 Å². The minimum absolute atomic E-state index is 0.0888. The van der Waals surface area contributed by atoms with Crippen molar-refractivity contribution in [2.75, 3.05) is 12.9 Å². The second kappa shape index (κ2) is 20.0. The molecular weight excluding hydrogens is 358 g/mol. The van der Waals surface area contributed by atoms with E-state index in [9.17, 15) is 9.59 Å². The molecule has 1 N–H and O–H groups in total. The molecule has 0 aliphatic heterocycles. The smallest absolute Gasteiger partial charge is 0.329 e. The molecule has 1 atom stereocenters. The number of hydrogen-bond acceptors (Lipinski definition) is 4. The number of methoxy groups -OCH3 is 1. The Bertz CT molecular complexity index is 363. The Morgan fingerprint density at radius 3 is 1.56 bits per heavy atom. The Hall–Kier alpha value is -0.710. The fourth-order valence-electron chi connectivity index (χ4n) is 3.24. The van der Waals surface area contributed by atoms with Crippen LogP contribution < -0.4 is 5.32 Å². The summed E-state index contributed by atoms with van der Waals surface area (Å²) in [6, 6.07) is -0.637. The van der Waals surface area contributed by atoms with Gasteiger partial charge in [-0.25, -0.2) is 4.79 Å². The van der Waals surface area contributed by atoms with Crippen LogP contribution in [-0.4, -0.2) is 30.8 Å². The number of carbonyl (C=O) groups excluding carboxylic acids is 2. The first-order valence-electron chi connectivity index (χ1n) is 11.1. The summed E-state index contributed by atoms with van der Waals surface area (Å²) in [6.45, 7) is 2.27. The van der Waals surface area contributed by atoms with Crippen molar-refractivity contribution < 1.29 is 14.3 Å². The molecule has 160 valence electrons.